The van der Waals surface area contributed by atoms with Crippen LogP contribution in [0.1, 0.15) is 62.3 Å². The average Bonchev–Trinajstić information content (AvgIpc) is 3.08. The molecule has 0 spiro atoms. The molecule has 1 aromatic carbocycles. The number of rotatable bonds is 4. The summed E-state index contributed by atoms with van der Waals surface area (Å²) in [5.41, 5.74) is 7.62. The number of H-pyrrole nitrogens is 1. The van der Waals surface area contributed by atoms with Crippen LogP contribution in [-0.2, 0) is 4.79 Å². The number of hydrogen-bond donors (Lipinski definition) is 3. The summed E-state index contributed by atoms with van der Waals surface area (Å²) in [6, 6.07) is 8.92. The highest BCUT2D eigenvalue weighted by Crippen LogP contribution is 2.40. The number of hydrogen-bond acceptors (Lipinski definition) is 3. The lowest BCUT2D eigenvalue weighted by atomic mass is 9.88. The van der Waals surface area contributed by atoms with Gasteiger partial charge in [0.05, 0.1) is 17.6 Å². The maximum Gasteiger partial charge on any atom is 0.221 e. The van der Waals surface area contributed by atoms with Crippen molar-refractivity contribution in [2.24, 2.45) is 0 Å². The Morgan fingerprint density at radius 3 is 2.66 bits per heavy atom. The van der Waals surface area contributed by atoms with E-state index in [9.17, 15) is 4.79 Å². The second kappa shape index (κ2) is 7.99. The molecule has 4 rings (SSSR count). The number of anilines is 1. The summed E-state index contributed by atoms with van der Waals surface area (Å²) >= 11 is 0. The van der Waals surface area contributed by atoms with Crippen molar-refractivity contribution in [1.82, 2.24) is 15.3 Å². The van der Waals surface area contributed by atoms with Gasteiger partial charge < -0.3 is 15.6 Å². The van der Waals surface area contributed by atoms with Crippen molar-refractivity contribution in [3.63, 3.8) is 0 Å². The lowest BCUT2D eigenvalue weighted by Gasteiger charge is -2.23. The highest BCUT2D eigenvalue weighted by Gasteiger charge is 2.21. The number of benzene rings is 1. The van der Waals surface area contributed by atoms with Crippen molar-refractivity contribution >= 4 is 22.5 Å². The Morgan fingerprint density at radius 1 is 1.21 bits per heavy atom. The van der Waals surface area contributed by atoms with E-state index in [1.165, 1.54) is 36.3 Å². The number of aromatic nitrogens is 2. The molecule has 0 aliphatic carbocycles. The van der Waals surface area contributed by atoms with E-state index in [0.717, 1.165) is 41.2 Å². The number of carbonyl (C=O) groups is 1. The van der Waals surface area contributed by atoms with Gasteiger partial charge in [0.2, 0.25) is 5.91 Å². The van der Waals surface area contributed by atoms with E-state index in [0.29, 0.717) is 11.8 Å². The predicted octanol–water partition coefficient (Wildman–Crippen LogP) is 5.09. The molecule has 3 aromatic rings. The van der Waals surface area contributed by atoms with Crippen LogP contribution in [0.5, 0.6) is 0 Å². The fraction of sp³-hybridized carbons (Fsp3) is 0.417. The molecular weight excluding hydrogens is 360 g/mol. The molecule has 3 heterocycles. The van der Waals surface area contributed by atoms with E-state index in [1.54, 1.807) is 6.20 Å². The molecule has 1 saturated heterocycles. The monoisotopic (exact) mass is 390 g/mol. The molecule has 0 unspecified atom stereocenters. The Hall–Kier alpha value is -2.66. The molecule has 5 nitrogen and oxygen atoms in total. The van der Waals surface area contributed by atoms with E-state index in [-0.39, 0.29) is 5.91 Å². The van der Waals surface area contributed by atoms with Gasteiger partial charge in [-0.25, -0.2) is 0 Å². The molecule has 1 aliphatic rings. The van der Waals surface area contributed by atoms with E-state index in [1.807, 2.05) is 6.92 Å². The largest absolute Gasteiger partial charge is 0.354 e. The van der Waals surface area contributed by atoms with Crippen molar-refractivity contribution in [1.29, 1.82) is 0 Å². The standard InChI is InChI=1S/C24H30N4O/c1-14(2)23-19-12-18(17-7-9-25-10-8-17)5-6-21(19)28-24(23)20-11-15(3)26-13-22(20)27-16(4)29/h5-6,11-14,17,25,28H,7-10H2,1-4H3,(H,27,29). The molecule has 0 saturated carbocycles. The van der Waals surface area contributed by atoms with Gasteiger partial charge in [0.1, 0.15) is 0 Å². The molecule has 29 heavy (non-hydrogen) atoms. The Balaban J connectivity index is 1.88. The number of fused-ring (bicyclic) bond motifs is 1. The molecule has 1 aliphatic heterocycles. The van der Waals surface area contributed by atoms with E-state index < -0.39 is 0 Å². The van der Waals surface area contributed by atoms with Gasteiger partial charge in [-0.2, -0.15) is 0 Å². The zero-order valence-electron chi connectivity index (χ0n) is 17.7. The van der Waals surface area contributed by atoms with Crippen LogP contribution >= 0.6 is 0 Å². The second-order valence-corrected chi connectivity index (χ2v) is 8.45. The number of nitrogens with zero attached hydrogens (tertiary/aromatic N) is 1. The van der Waals surface area contributed by atoms with E-state index >= 15 is 0 Å². The average molecular weight is 391 g/mol. The quantitative estimate of drug-likeness (QED) is 0.581. The van der Waals surface area contributed by atoms with Crippen LogP contribution in [0.2, 0.25) is 0 Å². The molecule has 0 radical (unpaired) electrons. The first-order valence-corrected chi connectivity index (χ1v) is 10.5. The molecule has 0 atom stereocenters. The fourth-order valence-electron chi connectivity index (χ4n) is 4.51. The highest BCUT2D eigenvalue weighted by atomic mass is 16.1. The number of carbonyl (C=O) groups excluding carboxylic acids is 1. The number of aryl methyl sites for hydroxylation is 1. The number of amides is 1. The smallest absolute Gasteiger partial charge is 0.221 e. The number of aromatic amines is 1. The molecular formula is C24H30N4O. The minimum Gasteiger partial charge on any atom is -0.354 e. The Kier molecular flexibility index (Phi) is 5.41. The zero-order valence-corrected chi connectivity index (χ0v) is 17.7. The molecule has 152 valence electrons. The summed E-state index contributed by atoms with van der Waals surface area (Å²) in [4.78, 5) is 19.8. The third kappa shape index (κ3) is 3.92. The molecule has 2 aromatic heterocycles. The SMILES string of the molecule is CC(=O)Nc1cnc(C)cc1-c1[nH]c2ccc(C3CCNCC3)cc2c1C(C)C. The van der Waals surface area contributed by atoms with E-state index in [2.05, 4.69) is 58.7 Å². The highest BCUT2D eigenvalue weighted by molar-refractivity contribution is 5.98. The van der Waals surface area contributed by atoms with Gasteiger partial charge >= 0.3 is 0 Å². The van der Waals surface area contributed by atoms with Crippen molar-refractivity contribution in [3.05, 3.63) is 47.3 Å². The van der Waals surface area contributed by atoms with Crippen molar-refractivity contribution < 1.29 is 4.79 Å². The minimum atomic E-state index is -0.0905. The molecule has 1 fully saturated rings. The van der Waals surface area contributed by atoms with Crippen molar-refractivity contribution in [3.8, 4) is 11.3 Å². The summed E-state index contributed by atoms with van der Waals surface area (Å²) in [5, 5.41) is 7.69. The third-order valence-corrected chi connectivity index (χ3v) is 5.87. The maximum absolute atomic E-state index is 11.7. The minimum absolute atomic E-state index is 0.0905. The zero-order chi connectivity index (χ0) is 20.5. The predicted molar refractivity (Wildman–Crippen MR) is 120 cm³/mol. The van der Waals surface area contributed by atoms with Crippen LogP contribution in [0.25, 0.3) is 22.2 Å². The lowest BCUT2D eigenvalue weighted by molar-refractivity contribution is -0.114. The Labute approximate surface area is 172 Å². The van der Waals surface area contributed by atoms with Crippen LogP contribution in [-0.4, -0.2) is 29.0 Å². The fourth-order valence-corrected chi connectivity index (χ4v) is 4.51. The van der Waals surface area contributed by atoms with Gasteiger partial charge in [0.25, 0.3) is 0 Å². The molecule has 0 bridgehead atoms. The van der Waals surface area contributed by atoms with Gasteiger partial charge in [-0.3, -0.25) is 9.78 Å². The van der Waals surface area contributed by atoms with Crippen LogP contribution in [0.15, 0.2) is 30.5 Å². The van der Waals surface area contributed by atoms with Gasteiger partial charge in [-0.15, -0.1) is 0 Å². The Morgan fingerprint density at radius 2 is 1.97 bits per heavy atom. The summed E-state index contributed by atoms with van der Waals surface area (Å²) in [6.45, 7) is 10.2. The van der Waals surface area contributed by atoms with Crippen molar-refractivity contribution in [2.75, 3.05) is 18.4 Å². The van der Waals surface area contributed by atoms with Crippen molar-refractivity contribution in [2.45, 2.75) is 52.4 Å². The first-order chi connectivity index (χ1) is 13.9. The van der Waals surface area contributed by atoms with Crippen LogP contribution in [0.4, 0.5) is 5.69 Å². The summed E-state index contributed by atoms with van der Waals surface area (Å²) < 4.78 is 0. The van der Waals surface area contributed by atoms with Gasteiger partial charge in [-0.05, 0) is 74.0 Å². The van der Waals surface area contributed by atoms with E-state index in [4.69, 9.17) is 0 Å². The summed E-state index contributed by atoms with van der Waals surface area (Å²) in [5.74, 6) is 0.880. The first-order valence-electron chi connectivity index (χ1n) is 10.5. The normalized spacial score (nSPS) is 15.2. The van der Waals surface area contributed by atoms with Crippen LogP contribution in [0.3, 0.4) is 0 Å². The third-order valence-electron chi connectivity index (χ3n) is 5.87. The second-order valence-electron chi connectivity index (χ2n) is 8.45. The first kappa shape index (κ1) is 19.6. The Bertz CT molecular complexity index is 1040. The van der Waals surface area contributed by atoms with Gasteiger partial charge in [-0.1, -0.05) is 19.9 Å². The number of pyridine rings is 1. The van der Waals surface area contributed by atoms with Gasteiger partial charge in [0, 0.05) is 29.1 Å². The number of piperidine rings is 1. The van der Waals surface area contributed by atoms with Gasteiger partial charge in [0.15, 0.2) is 0 Å². The molecule has 5 heteroatoms. The van der Waals surface area contributed by atoms with Crippen LogP contribution < -0.4 is 10.6 Å². The summed E-state index contributed by atoms with van der Waals surface area (Å²) in [6.07, 6.45) is 4.13. The molecule has 1 amide bonds. The summed E-state index contributed by atoms with van der Waals surface area (Å²) in [7, 11) is 0. The van der Waals surface area contributed by atoms with Crippen LogP contribution in [0, 0.1) is 6.92 Å². The molecule has 3 N–H and O–H groups in total. The maximum atomic E-state index is 11.7. The lowest BCUT2D eigenvalue weighted by Crippen LogP contribution is -2.26. The topological polar surface area (TPSA) is 69.8 Å². The number of nitrogens with one attached hydrogen (secondary N) is 3.